The van der Waals surface area contributed by atoms with E-state index in [0.29, 0.717) is 10.8 Å². The van der Waals surface area contributed by atoms with Crippen LogP contribution in [0.3, 0.4) is 0 Å². The molecule has 1 aromatic heterocycles. The quantitative estimate of drug-likeness (QED) is 0.130. The molecule has 1 aliphatic heterocycles. The molecule has 5 aromatic rings. The van der Waals surface area contributed by atoms with E-state index in [0.717, 1.165) is 16.0 Å². The number of hydrogen-bond donors (Lipinski definition) is 0. The van der Waals surface area contributed by atoms with Crippen LogP contribution in [0.1, 0.15) is 42.2 Å². The molecule has 41 heavy (non-hydrogen) atoms. The van der Waals surface area contributed by atoms with E-state index >= 15 is 0 Å². The van der Waals surface area contributed by atoms with Crippen LogP contribution in [0.4, 0.5) is 0 Å². The first-order valence-corrected chi connectivity index (χ1v) is 12.9. The summed E-state index contributed by atoms with van der Waals surface area (Å²) in [7, 11) is 0. The van der Waals surface area contributed by atoms with Crippen molar-refractivity contribution >= 4 is 40.4 Å². The van der Waals surface area contributed by atoms with Gasteiger partial charge in [0.2, 0.25) is 11.2 Å². The number of ether oxygens (including phenoxy) is 2. The molecule has 4 aromatic carbocycles. The Morgan fingerprint density at radius 2 is 1.54 bits per heavy atom. The van der Waals surface area contributed by atoms with Crippen molar-refractivity contribution in [1.29, 1.82) is 0 Å². The number of imide groups is 1. The van der Waals surface area contributed by atoms with E-state index in [1.165, 1.54) is 42.7 Å². The zero-order valence-electron chi connectivity index (χ0n) is 21.6. The number of amides is 2. The smallest absolute Gasteiger partial charge is 0.343 e. The van der Waals surface area contributed by atoms with E-state index in [4.69, 9.17) is 25.5 Å². The van der Waals surface area contributed by atoms with E-state index in [2.05, 4.69) is 0 Å². The van der Waals surface area contributed by atoms with Crippen LogP contribution in [-0.2, 0) is 6.54 Å². The summed E-state index contributed by atoms with van der Waals surface area (Å²) in [5.74, 6) is -1.06. The average Bonchev–Trinajstić information content (AvgIpc) is 3.21. The Morgan fingerprint density at radius 1 is 0.829 bits per heavy atom. The lowest BCUT2D eigenvalue weighted by atomic mass is 10.1. The number of carbonyl (C=O) groups excluding carboxylic acids is 3. The molecule has 0 aliphatic carbocycles. The predicted molar refractivity (Wildman–Crippen MR) is 151 cm³/mol. The number of carbonyl (C=O) groups is 3. The van der Waals surface area contributed by atoms with Gasteiger partial charge in [-0.05, 0) is 67.1 Å². The van der Waals surface area contributed by atoms with Crippen LogP contribution < -0.4 is 14.9 Å². The molecule has 6 rings (SSSR count). The highest BCUT2D eigenvalue weighted by atomic mass is 35.5. The standard InChI is InChI=1S/C32H20ClNO7/c1-18-2-9-22(10-3-18)40-28-17-39-27-15-23(11-13-25(27)29(28)35)41-32(38)20-6-12-24-26(14-20)31(37)34(30(24)36)16-19-4-7-21(33)8-5-19/h2-15,17H,16H2,1H3. The largest absolute Gasteiger partial charge is 0.460 e. The molecule has 0 fully saturated rings. The van der Waals surface area contributed by atoms with Gasteiger partial charge in [0.05, 0.1) is 28.6 Å². The van der Waals surface area contributed by atoms with Gasteiger partial charge in [-0.1, -0.05) is 41.4 Å². The topological polar surface area (TPSA) is 103 Å². The molecule has 0 saturated carbocycles. The highest BCUT2D eigenvalue weighted by Crippen LogP contribution is 2.28. The van der Waals surface area contributed by atoms with Crippen LogP contribution in [0.5, 0.6) is 17.2 Å². The van der Waals surface area contributed by atoms with Crippen molar-refractivity contribution in [1.82, 2.24) is 4.90 Å². The molecule has 0 N–H and O–H groups in total. The van der Waals surface area contributed by atoms with Crippen LogP contribution in [-0.4, -0.2) is 22.7 Å². The average molecular weight is 566 g/mol. The Balaban J connectivity index is 1.19. The summed E-state index contributed by atoms with van der Waals surface area (Å²) in [6.07, 6.45) is 1.20. The van der Waals surface area contributed by atoms with Crippen LogP contribution in [0, 0.1) is 6.92 Å². The van der Waals surface area contributed by atoms with Crippen LogP contribution >= 0.6 is 11.6 Å². The fourth-order valence-electron chi connectivity index (χ4n) is 4.46. The molecule has 0 atom stereocenters. The molecular formula is C32H20ClNO7. The molecule has 8 nitrogen and oxygen atoms in total. The number of halogens is 1. The number of nitrogens with zero attached hydrogens (tertiary/aromatic N) is 1. The molecule has 0 saturated heterocycles. The van der Waals surface area contributed by atoms with Gasteiger partial charge in [0.25, 0.3) is 11.8 Å². The van der Waals surface area contributed by atoms with Crippen molar-refractivity contribution in [2.24, 2.45) is 0 Å². The number of hydrogen-bond acceptors (Lipinski definition) is 7. The van der Waals surface area contributed by atoms with Crippen LogP contribution in [0.25, 0.3) is 11.0 Å². The maximum absolute atomic E-state index is 13.0. The minimum atomic E-state index is -0.745. The van der Waals surface area contributed by atoms with Crippen LogP contribution in [0.2, 0.25) is 5.02 Å². The Kier molecular flexibility index (Phi) is 6.61. The second-order valence-electron chi connectivity index (χ2n) is 9.47. The molecule has 9 heteroatoms. The Bertz CT molecular complexity index is 1910. The summed E-state index contributed by atoms with van der Waals surface area (Å²) in [5, 5.41) is 0.793. The molecule has 2 amide bonds. The predicted octanol–water partition coefficient (Wildman–Crippen LogP) is 6.56. The first kappa shape index (κ1) is 26.0. The zero-order chi connectivity index (χ0) is 28.7. The zero-order valence-corrected chi connectivity index (χ0v) is 22.3. The lowest BCUT2D eigenvalue weighted by molar-refractivity contribution is 0.0641. The van der Waals surface area contributed by atoms with E-state index in [1.807, 2.05) is 19.1 Å². The van der Waals surface area contributed by atoms with Gasteiger partial charge in [-0.25, -0.2) is 4.79 Å². The summed E-state index contributed by atoms with van der Waals surface area (Å²) in [4.78, 5) is 52.8. The third-order valence-corrected chi connectivity index (χ3v) is 6.89. The van der Waals surface area contributed by atoms with Crippen molar-refractivity contribution < 1.29 is 28.3 Å². The Labute approximate surface area is 238 Å². The van der Waals surface area contributed by atoms with E-state index in [-0.39, 0.29) is 51.1 Å². The molecule has 1 aliphatic rings. The second-order valence-corrected chi connectivity index (χ2v) is 9.91. The molecule has 0 spiro atoms. The van der Waals surface area contributed by atoms with E-state index < -0.39 is 17.8 Å². The van der Waals surface area contributed by atoms with Gasteiger partial charge in [-0.2, -0.15) is 0 Å². The summed E-state index contributed by atoms with van der Waals surface area (Å²) < 4.78 is 16.7. The van der Waals surface area contributed by atoms with Crippen molar-refractivity contribution in [3.8, 4) is 17.2 Å². The van der Waals surface area contributed by atoms with Gasteiger partial charge < -0.3 is 13.9 Å². The first-order valence-electron chi connectivity index (χ1n) is 12.5. The van der Waals surface area contributed by atoms with Crippen LogP contribution in [0.15, 0.2) is 100 Å². The summed E-state index contributed by atoms with van der Waals surface area (Å²) in [6, 6.07) is 22.6. The maximum Gasteiger partial charge on any atom is 0.343 e. The van der Waals surface area contributed by atoms with Gasteiger partial charge in [0.1, 0.15) is 23.3 Å². The number of benzene rings is 4. The van der Waals surface area contributed by atoms with E-state index in [1.54, 1.807) is 36.4 Å². The van der Waals surface area contributed by atoms with Gasteiger partial charge in [0, 0.05) is 11.1 Å². The second kappa shape index (κ2) is 10.4. The van der Waals surface area contributed by atoms with Crippen molar-refractivity contribution in [3.63, 3.8) is 0 Å². The number of esters is 1. The van der Waals surface area contributed by atoms with Crippen molar-refractivity contribution in [3.05, 3.63) is 134 Å². The summed E-state index contributed by atoms with van der Waals surface area (Å²) >= 11 is 5.92. The monoisotopic (exact) mass is 565 g/mol. The Hall–Kier alpha value is -5.21. The lowest BCUT2D eigenvalue weighted by Gasteiger charge is -2.13. The fourth-order valence-corrected chi connectivity index (χ4v) is 4.58. The first-order chi connectivity index (χ1) is 19.8. The molecular weight excluding hydrogens is 546 g/mol. The third-order valence-electron chi connectivity index (χ3n) is 6.63. The molecule has 2 heterocycles. The van der Waals surface area contributed by atoms with Crippen molar-refractivity contribution in [2.75, 3.05) is 0 Å². The molecule has 0 unspecified atom stereocenters. The highest BCUT2D eigenvalue weighted by Gasteiger charge is 2.36. The Morgan fingerprint density at radius 3 is 2.29 bits per heavy atom. The van der Waals surface area contributed by atoms with Gasteiger partial charge in [-0.3, -0.25) is 19.3 Å². The fraction of sp³-hybridized carbons (Fsp3) is 0.0625. The number of rotatable bonds is 6. The van der Waals surface area contributed by atoms with Gasteiger partial charge in [-0.15, -0.1) is 0 Å². The summed E-state index contributed by atoms with van der Waals surface area (Å²) in [5.41, 5.74) is 2.02. The molecule has 202 valence electrons. The SMILES string of the molecule is Cc1ccc(Oc2coc3cc(OC(=O)c4ccc5c(c4)C(=O)N(Cc4ccc(Cl)cc4)C5=O)ccc3c2=O)cc1. The van der Waals surface area contributed by atoms with Crippen molar-refractivity contribution in [2.45, 2.75) is 13.5 Å². The minimum absolute atomic E-state index is 0.0218. The maximum atomic E-state index is 13.0. The number of aryl methyl sites for hydroxylation is 1. The van der Waals surface area contributed by atoms with E-state index in [9.17, 15) is 19.2 Å². The molecule has 0 bridgehead atoms. The third kappa shape index (κ3) is 5.08. The minimum Gasteiger partial charge on any atom is -0.460 e. The normalized spacial score (nSPS) is 12.5. The highest BCUT2D eigenvalue weighted by molar-refractivity contribution is 6.30. The number of fused-ring (bicyclic) bond motifs is 2. The van der Waals surface area contributed by atoms with Gasteiger partial charge in [0.15, 0.2) is 0 Å². The molecule has 0 radical (unpaired) electrons. The van der Waals surface area contributed by atoms with Gasteiger partial charge >= 0.3 is 5.97 Å². The summed E-state index contributed by atoms with van der Waals surface area (Å²) in [6.45, 7) is 2.02. The lowest BCUT2D eigenvalue weighted by Crippen LogP contribution is -2.29.